The van der Waals surface area contributed by atoms with Crippen molar-refractivity contribution >= 4 is 45.7 Å². The molecule has 1 heterocycles. The lowest BCUT2D eigenvalue weighted by atomic mass is 9.85. The van der Waals surface area contributed by atoms with Gasteiger partial charge in [0.15, 0.2) is 0 Å². The number of imide groups is 1. The molecule has 2 aliphatic carbocycles. The third-order valence-corrected chi connectivity index (χ3v) is 8.47. The predicted octanol–water partition coefficient (Wildman–Crippen LogP) is 5.73. The van der Waals surface area contributed by atoms with Crippen molar-refractivity contribution in [1.82, 2.24) is 0 Å². The van der Waals surface area contributed by atoms with E-state index in [4.69, 9.17) is 9.47 Å². The number of allylic oxidation sites excluding steroid dienone is 3. The van der Waals surface area contributed by atoms with E-state index < -0.39 is 0 Å². The van der Waals surface area contributed by atoms with Gasteiger partial charge in [0, 0.05) is 15.4 Å². The molecule has 0 aromatic heterocycles. The van der Waals surface area contributed by atoms with E-state index in [1.165, 1.54) is 4.90 Å². The fraction of sp³-hybridized carbons (Fsp3) is 0.200. The highest BCUT2D eigenvalue weighted by atomic mass is 127. The highest BCUT2D eigenvalue weighted by Gasteiger charge is 2.62. The maximum Gasteiger partial charge on any atom is 0.238 e. The number of hydrogen-bond donors (Lipinski definition) is 0. The number of nitrogens with zero attached hydrogens (tertiary/aromatic N) is 1. The quantitative estimate of drug-likeness (QED) is 0.217. The Morgan fingerprint density at radius 1 is 0.722 bits per heavy atom. The summed E-state index contributed by atoms with van der Waals surface area (Å²) < 4.78 is 11.6. The molecule has 0 radical (unpaired) electrons. The second-order valence-electron chi connectivity index (χ2n) is 9.24. The van der Waals surface area contributed by atoms with Gasteiger partial charge >= 0.3 is 0 Å². The second-order valence-corrected chi connectivity index (χ2v) is 10.4. The zero-order valence-corrected chi connectivity index (χ0v) is 22.0. The van der Waals surface area contributed by atoms with Crippen LogP contribution in [0.5, 0.6) is 11.5 Å². The van der Waals surface area contributed by atoms with E-state index in [-0.39, 0.29) is 35.5 Å². The molecule has 0 spiro atoms. The number of ether oxygens (including phenoxy) is 2. The zero-order valence-electron chi connectivity index (χ0n) is 19.9. The molecule has 180 valence electrons. The Kier molecular flexibility index (Phi) is 5.71. The Labute approximate surface area is 223 Å². The SMILES string of the molecule is COc1ccc(C(=C2[C@H]3C=C[C@H]2[C@H]2C(=O)N(c4ccccc4I)C(=O)[C@@H]23)c2ccc(OC)cc2)cc1. The van der Waals surface area contributed by atoms with Gasteiger partial charge in [0.1, 0.15) is 11.5 Å². The highest BCUT2D eigenvalue weighted by Crippen LogP contribution is 2.59. The molecule has 1 aliphatic heterocycles. The monoisotopic (exact) mass is 589 g/mol. The summed E-state index contributed by atoms with van der Waals surface area (Å²) in [5.41, 5.74) is 4.95. The number of para-hydroxylation sites is 1. The van der Waals surface area contributed by atoms with Crippen LogP contribution in [-0.2, 0) is 9.59 Å². The summed E-state index contributed by atoms with van der Waals surface area (Å²) in [4.78, 5) is 28.9. The molecule has 1 saturated carbocycles. The summed E-state index contributed by atoms with van der Waals surface area (Å²) >= 11 is 2.19. The van der Waals surface area contributed by atoms with Crippen LogP contribution in [0.25, 0.3) is 5.57 Å². The lowest BCUT2D eigenvalue weighted by Crippen LogP contribution is -2.33. The number of rotatable bonds is 5. The fourth-order valence-electron chi connectivity index (χ4n) is 5.98. The molecule has 1 saturated heterocycles. The topological polar surface area (TPSA) is 55.8 Å². The molecule has 36 heavy (non-hydrogen) atoms. The van der Waals surface area contributed by atoms with Crippen LogP contribution in [0.15, 0.2) is 90.5 Å². The van der Waals surface area contributed by atoms with E-state index in [0.29, 0.717) is 5.69 Å². The van der Waals surface area contributed by atoms with Gasteiger partial charge in [0.05, 0.1) is 31.7 Å². The van der Waals surface area contributed by atoms with Gasteiger partial charge in [-0.05, 0) is 81.3 Å². The number of carbonyl (C=O) groups is 2. The number of anilines is 1. The van der Waals surface area contributed by atoms with Crippen LogP contribution in [0, 0.1) is 27.2 Å². The smallest absolute Gasteiger partial charge is 0.238 e. The molecule has 3 aliphatic rings. The molecule has 2 bridgehead atoms. The summed E-state index contributed by atoms with van der Waals surface area (Å²) in [7, 11) is 3.30. The van der Waals surface area contributed by atoms with Crippen LogP contribution < -0.4 is 14.4 Å². The van der Waals surface area contributed by atoms with E-state index in [0.717, 1.165) is 37.3 Å². The third-order valence-electron chi connectivity index (χ3n) is 7.56. The first-order valence-corrected chi connectivity index (χ1v) is 12.9. The van der Waals surface area contributed by atoms with E-state index in [9.17, 15) is 9.59 Å². The molecule has 5 nitrogen and oxygen atoms in total. The van der Waals surface area contributed by atoms with Crippen LogP contribution in [0.1, 0.15) is 11.1 Å². The Morgan fingerprint density at radius 3 is 1.64 bits per heavy atom. The second kappa shape index (κ2) is 8.92. The van der Waals surface area contributed by atoms with Gasteiger partial charge in [0.2, 0.25) is 11.8 Å². The summed E-state index contributed by atoms with van der Waals surface area (Å²) in [5.74, 6) is 0.333. The van der Waals surface area contributed by atoms with Gasteiger partial charge in [-0.3, -0.25) is 9.59 Å². The van der Waals surface area contributed by atoms with E-state index in [1.54, 1.807) is 14.2 Å². The molecule has 2 amide bonds. The Morgan fingerprint density at radius 2 is 1.19 bits per heavy atom. The van der Waals surface area contributed by atoms with Gasteiger partial charge in [-0.1, -0.05) is 48.6 Å². The fourth-order valence-corrected chi connectivity index (χ4v) is 6.61. The van der Waals surface area contributed by atoms with Crippen LogP contribution in [0.3, 0.4) is 0 Å². The van der Waals surface area contributed by atoms with Crippen molar-refractivity contribution < 1.29 is 19.1 Å². The van der Waals surface area contributed by atoms with Crippen molar-refractivity contribution in [1.29, 1.82) is 0 Å². The molecule has 0 unspecified atom stereocenters. The lowest BCUT2D eigenvalue weighted by Gasteiger charge is -2.22. The minimum absolute atomic E-state index is 0.104. The number of hydrogen-bond acceptors (Lipinski definition) is 4. The average Bonchev–Trinajstić information content (AvgIpc) is 3.54. The van der Waals surface area contributed by atoms with Crippen LogP contribution in [-0.4, -0.2) is 26.0 Å². The van der Waals surface area contributed by atoms with Crippen LogP contribution in [0.2, 0.25) is 0 Å². The molecular formula is C30H24INO4. The van der Waals surface area contributed by atoms with E-state index >= 15 is 0 Å². The molecule has 6 rings (SSSR count). The lowest BCUT2D eigenvalue weighted by molar-refractivity contribution is -0.122. The van der Waals surface area contributed by atoms with Crippen molar-refractivity contribution in [3.63, 3.8) is 0 Å². The normalized spacial score (nSPS) is 23.9. The van der Waals surface area contributed by atoms with E-state index in [2.05, 4.69) is 34.7 Å². The molecule has 3 aromatic rings. The van der Waals surface area contributed by atoms with Crippen molar-refractivity contribution in [3.8, 4) is 11.5 Å². The Bertz CT molecular complexity index is 1340. The first kappa shape index (κ1) is 23.0. The number of benzene rings is 3. The summed E-state index contributed by atoms with van der Waals surface area (Å²) in [6, 6.07) is 23.5. The number of methoxy groups -OCH3 is 2. The molecule has 3 aromatic carbocycles. The van der Waals surface area contributed by atoms with E-state index in [1.807, 2.05) is 72.8 Å². The summed E-state index contributed by atoms with van der Waals surface area (Å²) in [6.45, 7) is 0. The number of fused-ring (bicyclic) bond motifs is 5. The van der Waals surface area contributed by atoms with Gasteiger partial charge in [-0.15, -0.1) is 0 Å². The molecule has 4 atom stereocenters. The van der Waals surface area contributed by atoms with Crippen molar-refractivity contribution in [2.45, 2.75) is 0 Å². The predicted molar refractivity (Wildman–Crippen MR) is 147 cm³/mol. The number of amides is 2. The molecular weight excluding hydrogens is 565 g/mol. The minimum atomic E-state index is -0.384. The highest BCUT2D eigenvalue weighted by molar-refractivity contribution is 14.1. The first-order chi connectivity index (χ1) is 17.5. The van der Waals surface area contributed by atoms with Crippen molar-refractivity contribution in [2.75, 3.05) is 19.1 Å². The zero-order chi connectivity index (χ0) is 25.0. The Hall–Kier alpha value is -3.39. The number of halogens is 1. The largest absolute Gasteiger partial charge is 0.497 e. The van der Waals surface area contributed by atoms with Gasteiger partial charge in [0.25, 0.3) is 0 Å². The van der Waals surface area contributed by atoms with Crippen molar-refractivity contribution in [3.05, 3.63) is 105 Å². The van der Waals surface area contributed by atoms with Gasteiger partial charge in [-0.25, -0.2) is 4.90 Å². The Balaban J connectivity index is 1.48. The maximum atomic E-state index is 13.8. The first-order valence-electron chi connectivity index (χ1n) is 11.9. The maximum absolute atomic E-state index is 13.8. The average molecular weight is 589 g/mol. The van der Waals surface area contributed by atoms with Gasteiger partial charge < -0.3 is 9.47 Å². The summed E-state index contributed by atoms with van der Waals surface area (Å²) in [6.07, 6.45) is 4.25. The molecule has 2 fully saturated rings. The van der Waals surface area contributed by atoms with Gasteiger partial charge in [-0.2, -0.15) is 0 Å². The van der Waals surface area contributed by atoms with Crippen molar-refractivity contribution in [2.24, 2.45) is 23.7 Å². The molecule has 0 N–H and O–H groups in total. The molecule has 6 heteroatoms. The number of carbonyl (C=O) groups excluding carboxylic acids is 2. The summed E-state index contributed by atoms with van der Waals surface area (Å²) in [5, 5.41) is 0. The van der Waals surface area contributed by atoms with Crippen LogP contribution >= 0.6 is 22.6 Å². The minimum Gasteiger partial charge on any atom is -0.497 e. The standard InChI is InChI=1S/C30H24INO4/c1-35-19-11-7-17(8-12-19)25(18-9-13-20(36-2)14-10-18)26-21-15-16-22(26)28-27(21)29(33)32(30(28)34)24-6-4-3-5-23(24)31/h3-16,21-22,27-28H,1-2H3/t21-,22-,27-,28-/m1/s1. The van der Waals surface area contributed by atoms with Crippen LogP contribution in [0.4, 0.5) is 5.69 Å². The third kappa shape index (κ3) is 3.42.